The van der Waals surface area contributed by atoms with E-state index in [2.05, 4.69) is 19.9 Å². The van der Waals surface area contributed by atoms with Gasteiger partial charge in [0.2, 0.25) is 17.8 Å². The SMILES string of the molecule is CC(CO)N(C)c1nc(N)nc(-n2ccnc2)n1. The van der Waals surface area contributed by atoms with Gasteiger partial charge in [0.15, 0.2) is 0 Å². The standard InChI is InChI=1S/C10H15N7O/c1-7(5-18)16(2)9-13-8(11)14-10(15-9)17-4-3-12-6-17/h3-4,6-7,18H,5H2,1-2H3,(H2,11,13,14,15). The third-order valence-electron chi connectivity index (χ3n) is 2.61. The van der Waals surface area contributed by atoms with Crippen LogP contribution < -0.4 is 10.6 Å². The molecule has 8 heteroatoms. The van der Waals surface area contributed by atoms with Crippen LogP contribution in [0, 0.1) is 0 Å². The smallest absolute Gasteiger partial charge is 0.241 e. The van der Waals surface area contributed by atoms with Gasteiger partial charge in [0.05, 0.1) is 12.6 Å². The molecule has 0 aliphatic carbocycles. The van der Waals surface area contributed by atoms with Gasteiger partial charge in [-0.1, -0.05) is 0 Å². The van der Waals surface area contributed by atoms with Crippen LogP contribution in [0.4, 0.5) is 11.9 Å². The van der Waals surface area contributed by atoms with Crippen molar-refractivity contribution in [2.45, 2.75) is 13.0 Å². The molecule has 0 spiro atoms. The third-order valence-corrected chi connectivity index (χ3v) is 2.61. The Kier molecular flexibility index (Phi) is 3.38. The average molecular weight is 249 g/mol. The van der Waals surface area contributed by atoms with E-state index in [4.69, 9.17) is 10.8 Å². The molecule has 0 aliphatic heterocycles. The first-order chi connectivity index (χ1) is 8.61. The van der Waals surface area contributed by atoms with Gasteiger partial charge in [0.25, 0.3) is 0 Å². The van der Waals surface area contributed by atoms with Crippen LogP contribution in [0.2, 0.25) is 0 Å². The van der Waals surface area contributed by atoms with E-state index >= 15 is 0 Å². The zero-order chi connectivity index (χ0) is 13.1. The summed E-state index contributed by atoms with van der Waals surface area (Å²) in [4.78, 5) is 18.0. The van der Waals surface area contributed by atoms with Crippen molar-refractivity contribution >= 4 is 11.9 Å². The third kappa shape index (κ3) is 2.38. The first-order valence-electron chi connectivity index (χ1n) is 5.45. The number of rotatable bonds is 4. The van der Waals surface area contributed by atoms with Gasteiger partial charge in [-0.3, -0.25) is 4.57 Å². The Morgan fingerprint density at radius 1 is 1.44 bits per heavy atom. The normalized spacial score (nSPS) is 12.4. The molecule has 1 atom stereocenters. The Bertz CT molecular complexity index is 513. The summed E-state index contributed by atoms with van der Waals surface area (Å²) in [5.41, 5.74) is 5.66. The molecule has 0 radical (unpaired) electrons. The molecule has 1 unspecified atom stereocenters. The van der Waals surface area contributed by atoms with Crippen LogP contribution in [0.3, 0.4) is 0 Å². The zero-order valence-electron chi connectivity index (χ0n) is 10.2. The Balaban J connectivity index is 2.38. The molecule has 0 fully saturated rings. The Hall–Kier alpha value is -2.22. The highest BCUT2D eigenvalue weighted by Crippen LogP contribution is 2.12. The maximum absolute atomic E-state index is 9.13. The van der Waals surface area contributed by atoms with E-state index in [9.17, 15) is 0 Å². The second kappa shape index (κ2) is 4.96. The Labute approximate surface area is 104 Å². The van der Waals surface area contributed by atoms with E-state index in [1.807, 2.05) is 6.92 Å². The first-order valence-corrected chi connectivity index (χ1v) is 5.45. The minimum Gasteiger partial charge on any atom is -0.394 e. The van der Waals surface area contributed by atoms with Crippen molar-refractivity contribution in [1.82, 2.24) is 24.5 Å². The highest BCUT2D eigenvalue weighted by molar-refractivity contribution is 5.38. The maximum atomic E-state index is 9.13. The summed E-state index contributed by atoms with van der Waals surface area (Å²) in [6, 6.07) is -0.109. The molecule has 0 bridgehead atoms. The summed E-state index contributed by atoms with van der Waals surface area (Å²) in [5, 5.41) is 9.13. The van der Waals surface area contributed by atoms with Gasteiger partial charge in [-0.2, -0.15) is 15.0 Å². The molecule has 2 aromatic heterocycles. The fourth-order valence-corrected chi connectivity index (χ4v) is 1.34. The molecule has 96 valence electrons. The van der Waals surface area contributed by atoms with Gasteiger partial charge < -0.3 is 15.7 Å². The highest BCUT2D eigenvalue weighted by Gasteiger charge is 2.14. The van der Waals surface area contributed by atoms with Gasteiger partial charge in [0.1, 0.15) is 6.33 Å². The number of hydrogen-bond acceptors (Lipinski definition) is 7. The molecular formula is C10H15N7O. The fraction of sp³-hybridized carbons (Fsp3) is 0.400. The quantitative estimate of drug-likeness (QED) is 0.749. The van der Waals surface area contributed by atoms with Crippen molar-refractivity contribution < 1.29 is 5.11 Å². The molecule has 3 N–H and O–H groups in total. The summed E-state index contributed by atoms with van der Waals surface area (Å²) in [6.45, 7) is 1.86. The van der Waals surface area contributed by atoms with Crippen molar-refractivity contribution in [3.63, 3.8) is 0 Å². The highest BCUT2D eigenvalue weighted by atomic mass is 16.3. The van der Waals surface area contributed by atoms with Crippen LogP contribution >= 0.6 is 0 Å². The average Bonchev–Trinajstić information content (AvgIpc) is 2.90. The monoisotopic (exact) mass is 249 g/mol. The van der Waals surface area contributed by atoms with Crippen LogP contribution in [0.1, 0.15) is 6.92 Å². The molecule has 2 aromatic rings. The molecular weight excluding hydrogens is 234 g/mol. The summed E-state index contributed by atoms with van der Waals surface area (Å²) in [5.74, 6) is 0.931. The second-order valence-electron chi connectivity index (χ2n) is 3.91. The molecule has 8 nitrogen and oxygen atoms in total. The zero-order valence-corrected chi connectivity index (χ0v) is 10.2. The first kappa shape index (κ1) is 12.2. The number of likely N-dealkylation sites (N-methyl/N-ethyl adjacent to an activating group) is 1. The van der Waals surface area contributed by atoms with Gasteiger partial charge in [-0.25, -0.2) is 4.98 Å². The molecule has 18 heavy (non-hydrogen) atoms. The molecule has 2 rings (SSSR count). The molecule has 0 aromatic carbocycles. The topological polar surface area (TPSA) is 106 Å². The molecule has 0 amide bonds. The van der Waals surface area contributed by atoms with Crippen LogP contribution in [0.5, 0.6) is 0 Å². The van der Waals surface area contributed by atoms with Crippen molar-refractivity contribution in [3.05, 3.63) is 18.7 Å². The van der Waals surface area contributed by atoms with E-state index in [1.54, 1.807) is 35.2 Å². The lowest BCUT2D eigenvalue weighted by atomic mass is 10.3. The number of nitrogens with zero attached hydrogens (tertiary/aromatic N) is 6. The van der Waals surface area contributed by atoms with Crippen molar-refractivity contribution in [3.8, 4) is 5.95 Å². The lowest BCUT2D eigenvalue weighted by Crippen LogP contribution is -2.33. The lowest BCUT2D eigenvalue weighted by molar-refractivity contribution is 0.269. The predicted octanol–water partition coefficient (Wildman–Crippen LogP) is -0.544. The minimum atomic E-state index is -0.109. The number of nitrogens with two attached hydrogens (primary N) is 1. The minimum absolute atomic E-state index is 0.00248. The van der Waals surface area contributed by atoms with Crippen molar-refractivity contribution in [1.29, 1.82) is 0 Å². The fourth-order valence-electron chi connectivity index (χ4n) is 1.34. The summed E-state index contributed by atoms with van der Waals surface area (Å²) < 4.78 is 1.64. The number of hydrogen-bond donors (Lipinski definition) is 2. The predicted molar refractivity (Wildman–Crippen MR) is 66.3 cm³/mol. The van der Waals surface area contributed by atoms with E-state index in [0.717, 1.165) is 0 Å². The molecule has 0 saturated heterocycles. The van der Waals surface area contributed by atoms with Crippen molar-refractivity contribution in [2.24, 2.45) is 0 Å². The number of nitrogen functional groups attached to an aromatic ring is 1. The van der Waals surface area contributed by atoms with Crippen LogP contribution in [0.25, 0.3) is 5.95 Å². The van der Waals surface area contributed by atoms with Gasteiger partial charge >= 0.3 is 0 Å². The summed E-state index contributed by atoms with van der Waals surface area (Å²) >= 11 is 0. The largest absolute Gasteiger partial charge is 0.394 e. The number of anilines is 2. The molecule has 2 heterocycles. The second-order valence-corrected chi connectivity index (χ2v) is 3.91. The van der Waals surface area contributed by atoms with Gasteiger partial charge in [-0.05, 0) is 6.92 Å². The number of imidazole rings is 1. The summed E-state index contributed by atoms with van der Waals surface area (Å²) in [7, 11) is 1.79. The van der Waals surface area contributed by atoms with E-state index < -0.39 is 0 Å². The van der Waals surface area contributed by atoms with Crippen LogP contribution in [-0.4, -0.2) is 49.3 Å². The van der Waals surface area contributed by atoms with Crippen molar-refractivity contribution in [2.75, 3.05) is 24.3 Å². The van der Waals surface area contributed by atoms with E-state index in [-0.39, 0.29) is 18.6 Å². The van der Waals surface area contributed by atoms with Gasteiger partial charge in [0, 0.05) is 19.4 Å². The van der Waals surface area contributed by atoms with E-state index in [0.29, 0.717) is 11.9 Å². The van der Waals surface area contributed by atoms with Crippen LogP contribution in [-0.2, 0) is 0 Å². The van der Waals surface area contributed by atoms with Gasteiger partial charge in [-0.15, -0.1) is 0 Å². The Morgan fingerprint density at radius 2 is 2.22 bits per heavy atom. The number of aliphatic hydroxyl groups is 1. The summed E-state index contributed by atoms with van der Waals surface area (Å²) in [6.07, 6.45) is 4.92. The lowest BCUT2D eigenvalue weighted by Gasteiger charge is -2.23. The molecule has 0 saturated carbocycles. The number of aliphatic hydroxyl groups excluding tert-OH is 1. The van der Waals surface area contributed by atoms with E-state index in [1.165, 1.54) is 0 Å². The molecule has 0 aliphatic rings. The number of aromatic nitrogens is 5. The van der Waals surface area contributed by atoms with Crippen LogP contribution in [0.15, 0.2) is 18.7 Å². The maximum Gasteiger partial charge on any atom is 0.241 e. The Morgan fingerprint density at radius 3 is 2.83 bits per heavy atom.